The molecule has 0 unspecified atom stereocenters. The van der Waals surface area contributed by atoms with E-state index in [0.717, 1.165) is 12.1 Å². The van der Waals surface area contributed by atoms with Crippen molar-refractivity contribution in [3.8, 4) is 0 Å². The molecule has 1 fully saturated rings. The van der Waals surface area contributed by atoms with Crippen molar-refractivity contribution < 1.29 is 23.1 Å². The molecule has 1 aromatic carbocycles. The van der Waals surface area contributed by atoms with Gasteiger partial charge < -0.3 is 5.11 Å². The fraction of sp³-hybridized carbons (Fsp3) is 0.294. The second-order valence-corrected chi connectivity index (χ2v) is 5.78. The number of alkyl halides is 3. The van der Waals surface area contributed by atoms with Crippen LogP contribution < -0.4 is 0 Å². The maximum Gasteiger partial charge on any atom is 0.416 e. The summed E-state index contributed by atoms with van der Waals surface area (Å²) < 4.78 is 38.8. The van der Waals surface area contributed by atoms with Crippen LogP contribution >= 0.6 is 0 Å². The Morgan fingerprint density at radius 2 is 1.87 bits per heavy atom. The highest BCUT2D eigenvalue weighted by molar-refractivity contribution is 5.89. The minimum absolute atomic E-state index is 0.00600. The van der Waals surface area contributed by atoms with Gasteiger partial charge in [0.2, 0.25) is 0 Å². The van der Waals surface area contributed by atoms with Crippen LogP contribution in [0.25, 0.3) is 0 Å². The number of Topliss-reactive ketones (excluding diaryl/α,β-unsaturated/α-hetero) is 1. The highest BCUT2D eigenvalue weighted by Crippen LogP contribution is 2.50. The van der Waals surface area contributed by atoms with Crippen LogP contribution in [0.4, 0.5) is 13.2 Å². The van der Waals surface area contributed by atoms with Gasteiger partial charge in [-0.1, -0.05) is 24.3 Å². The quantitative estimate of drug-likeness (QED) is 0.942. The Morgan fingerprint density at radius 3 is 2.43 bits per heavy atom. The third-order valence-corrected chi connectivity index (χ3v) is 4.28. The minimum atomic E-state index is -4.47. The van der Waals surface area contributed by atoms with Crippen LogP contribution in [-0.4, -0.2) is 15.9 Å². The van der Waals surface area contributed by atoms with Crippen molar-refractivity contribution in [1.29, 1.82) is 0 Å². The number of aromatic nitrogens is 1. The Labute approximate surface area is 130 Å². The molecule has 0 saturated heterocycles. The Hall–Kier alpha value is -2.21. The number of nitrogens with zero attached hydrogens (tertiary/aromatic N) is 1. The van der Waals surface area contributed by atoms with Crippen LogP contribution in [0.15, 0.2) is 48.7 Å². The average molecular weight is 321 g/mol. The maximum atomic E-state index is 12.9. The normalized spacial score (nSPS) is 18.3. The summed E-state index contributed by atoms with van der Waals surface area (Å²) in [5.74, 6) is -0.0857. The predicted molar refractivity (Wildman–Crippen MR) is 76.6 cm³/mol. The number of benzene rings is 1. The van der Waals surface area contributed by atoms with Gasteiger partial charge in [-0.3, -0.25) is 9.78 Å². The van der Waals surface area contributed by atoms with Gasteiger partial charge in [0.1, 0.15) is 11.9 Å². The zero-order valence-electron chi connectivity index (χ0n) is 12.0. The molecule has 1 heterocycles. The van der Waals surface area contributed by atoms with E-state index in [2.05, 4.69) is 4.98 Å². The number of rotatable bonds is 3. The first-order valence-corrected chi connectivity index (χ1v) is 7.11. The van der Waals surface area contributed by atoms with E-state index < -0.39 is 23.3 Å². The second-order valence-electron chi connectivity index (χ2n) is 5.78. The van der Waals surface area contributed by atoms with Gasteiger partial charge >= 0.3 is 6.18 Å². The van der Waals surface area contributed by atoms with Gasteiger partial charge in [0.25, 0.3) is 0 Å². The molecule has 23 heavy (non-hydrogen) atoms. The first-order chi connectivity index (χ1) is 10.8. The zero-order chi connectivity index (χ0) is 16.7. The van der Waals surface area contributed by atoms with Crippen LogP contribution in [-0.2, 0) is 16.4 Å². The number of aliphatic hydroxyl groups is 1. The van der Waals surface area contributed by atoms with Gasteiger partial charge in [0, 0.05) is 24.5 Å². The highest BCUT2D eigenvalue weighted by atomic mass is 19.4. The average Bonchev–Trinajstić information content (AvgIpc) is 2.51. The van der Waals surface area contributed by atoms with Crippen molar-refractivity contribution in [3.05, 3.63) is 65.5 Å². The van der Waals surface area contributed by atoms with E-state index in [9.17, 15) is 23.1 Å². The summed E-state index contributed by atoms with van der Waals surface area (Å²) >= 11 is 0. The highest BCUT2D eigenvalue weighted by Gasteiger charge is 2.51. The van der Waals surface area contributed by atoms with Crippen LogP contribution in [0.5, 0.6) is 0 Å². The van der Waals surface area contributed by atoms with E-state index in [4.69, 9.17) is 0 Å². The van der Waals surface area contributed by atoms with Crippen LogP contribution in [0.1, 0.15) is 35.8 Å². The van der Waals surface area contributed by atoms with Gasteiger partial charge in [-0.25, -0.2) is 0 Å². The van der Waals surface area contributed by atoms with Gasteiger partial charge in [0.15, 0.2) is 0 Å². The Morgan fingerprint density at radius 1 is 1.13 bits per heavy atom. The summed E-state index contributed by atoms with van der Waals surface area (Å²) in [6.45, 7) is 0. The molecule has 0 bridgehead atoms. The number of hydrogen-bond acceptors (Lipinski definition) is 3. The molecule has 0 aliphatic heterocycles. The Kier molecular flexibility index (Phi) is 3.72. The zero-order valence-corrected chi connectivity index (χ0v) is 12.0. The van der Waals surface area contributed by atoms with E-state index in [1.54, 1.807) is 18.2 Å². The van der Waals surface area contributed by atoms with E-state index in [1.807, 2.05) is 0 Å². The fourth-order valence-corrected chi connectivity index (χ4v) is 3.03. The summed E-state index contributed by atoms with van der Waals surface area (Å²) in [4.78, 5) is 15.6. The molecule has 3 nitrogen and oxygen atoms in total. The van der Waals surface area contributed by atoms with Crippen LogP contribution in [0, 0.1) is 0 Å². The lowest BCUT2D eigenvalue weighted by atomic mass is 9.59. The molecule has 3 rings (SSSR count). The summed E-state index contributed by atoms with van der Waals surface area (Å²) in [5.41, 5.74) is -1.18. The number of halogens is 3. The lowest BCUT2D eigenvalue weighted by Crippen LogP contribution is -2.47. The van der Waals surface area contributed by atoms with Crippen LogP contribution in [0.3, 0.4) is 0 Å². The molecule has 1 atom stereocenters. The van der Waals surface area contributed by atoms with Crippen molar-refractivity contribution in [2.24, 2.45) is 0 Å². The van der Waals surface area contributed by atoms with Crippen molar-refractivity contribution in [3.63, 3.8) is 0 Å². The number of ketones is 1. The molecular weight excluding hydrogens is 307 g/mol. The monoisotopic (exact) mass is 321 g/mol. The van der Waals surface area contributed by atoms with E-state index in [0.29, 0.717) is 11.3 Å². The molecule has 1 aliphatic rings. The topological polar surface area (TPSA) is 50.2 Å². The lowest BCUT2D eigenvalue weighted by Gasteiger charge is -2.44. The number of carbonyl (C=O) groups excluding carboxylic acids is 1. The molecule has 1 saturated carbocycles. The molecule has 2 aromatic rings. The first-order valence-electron chi connectivity index (χ1n) is 7.11. The summed E-state index contributed by atoms with van der Waals surface area (Å²) in [6.07, 6.45) is -4.09. The van der Waals surface area contributed by atoms with Crippen molar-refractivity contribution in [1.82, 2.24) is 4.98 Å². The minimum Gasteiger partial charge on any atom is -0.386 e. The first kappa shape index (κ1) is 15.7. The summed E-state index contributed by atoms with van der Waals surface area (Å²) in [7, 11) is 0. The SMILES string of the molecule is O=C1CC(c2cccc(C(F)(F)F)c2)([C@H](O)c2ccccn2)C1. The third kappa shape index (κ3) is 2.74. The predicted octanol–water partition coefficient (Wildman–Crippen LogP) is 3.43. The van der Waals surface area contributed by atoms with Crippen molar-refractivity contribution >= 4 is 5.78 Å². The maximum absolute atomic E-state index is 12.9. The fourth-order valence-electron chi connectivity index (χ4n) is 3.03. The van der Waals surface area contributed by atoms with Gasteiger partial charge in [-0.15, -0.1) is 0 Å². The Bertz CT molecular complexity index is 720. The van der Waals surface area contributed by atoms with Crippen molar-refractivity contribution in [2.45, 2.75) is 30.5 Å². The molecular formula is C17H14F3NO2. The van der Waals surface area contributed by atoms with E-state index in [1.165, 1.54) is 18.3 Å². The van der Waals surface area contributed by atoms with E-state index in [-0.39, 0.29) is 18.6 Å². The molecule has 1 aliphatic carbocycles. The smallest absolute Gasteiger partial charge is 0.386 e. The van der Waals surface area contributed by atoms with Gasteiger partial charge in [-0.05, 0) is 23.8 Å². The summed E-state index contributed by atoms with van der Waals surface area (Å²) in [6, 6.07) is 9.78. The molecule has 1 N–H and O–H groups in total. The third-order valence-electron chi connectivity index (χ3n) is 4.28. The number of pyridine rings is 1. The largest absolute Gasteiger partial charge is 0.416 e. The lowest BCUT2D eigenvalue weighted by molar-refractivity contribution is -0.137. The number of hydrogen-bond donors (Lipinski definition) is 1. The van der Waals surface area contributed by atoms with Gasteiger partial charge in [0.05, 0.1) is 11.3 Å². The molecule has 1 aromatic heterocycles. The molecule has 6 heteroatoms. The standard InChI is InChI=1S/C17H14F3NO2/c18-17(19,20)12-5-3-4-11(8-12)16(9-13(22)10-16)15(23)14-6-1-2-7-21-14/h1-8,15,23H,9-10H2/t15-/m1/s1. The van der Waals surface area contributed by atoms with E-state index >= 15 is 0 Å². The molecule has 0 spiro atoms. The summed E-state index contributed by atoms with van der Waals surface area (Å²) in [5, 5.41) is 10.7. The van der Waals surface area contributed by atoms with Crippen molar-refractivity contribution in [2.75, 3.05) is 0 Å². The number of aliphatic hydroxyl groups excluding tert-OH is 1. The van der Waals surface area contributed by atoms with Gasteiger partial charge in [-0.2, -0.15) is 13.2 Å². The second kappa shape index (κ2) is 5.45. The molecule has 0 amide bonds. The molecule has 0 radical (unpaired) electrons. The Balaban J connectivity index is 2.04. The van der Waals surface area contributed by atoms with Crippen LogP contribution in [0.2, 0.25) is 0 Å². The molecule has 120 valence electrons. The number of carbonyl (C=O) groups is 1.